The number of hydrogen-bond donors (Lipinski definition) is 1. The Morgan fingerprint density at radius 1 is 1.10 bits per heavy atom. The van der Waals surface area contributed by atoms with Crippen molar-refractivity contribution in [2.45, 2.75) is 58.4 Å². The maximum atomic E-state index is 5.99. The Balaban J connectivity index is 1.98. The number of unbranched alkanes of at least 4 members (excludes halogenated alkanes) is 4. The van der Waals surface area contributed by atoms with Crippen LogP contribution < -0.4 is 5.32 Å². The van der Waals surface area contributed by atoms with Gasteiger partial charge < -0.3 is 9.73 Å². The van der Waals surface area contributed by atoms with Gasteiger partial charge in [0.2, 0.25) is 0 Å². The average Bonchev–Trinajstić information content (AvgIpc) is 2.85. The van der Waals surface area contributed by atoms with E-state index in [1.54, 1.807) is 0 Å². The van der Waals surface area contributed by atoms with Crippen molar-refractivity contribution in [3.8, 4) is 0 Å². The highest BCUT2D eigenvalue weighted by Crippen LogP contribution is 2.27. The van der Waals surface area contributed by atoms with Gasteiger partial charge in [0, 0.05) is 5.39 Å². The van der Waals surface area contributed by atoms with E-state index >= 15 is 0 Å². The summed E-state index contributed by atoms with van der Waals surface area (Å²) in [4.78, 5) is 0. The van der Waals surface area contributed by atoms with Gasteiger partial charge >= 0.3 is 0 Å². The molecule has 1 unspecified atom stereocenters. The molecule has 110 valence electrons. The van der Waals surface area contributed by atoms with Crippen LogP contribution in [0.25, 0.3) is 11.0 Å². The lowest BCUT2D eigenvalue weighted by atomic mass is 10.0. The molecule has 1 aromatic heterocycles. The molecule has 0 aliphatic rings. The second kappa shape index (κ2) is 7.49. The third kappa shape index (κ3) is 3.86. The Hall–Kier alpha value is -1.28. The molecule has 0 saturated carbocycles. The molecule has 1 atom stereocenters. The Kier molecular flexibility index (Phi) is 5.66. The Morgan fingerprint density at radius 2 is 1.90 bits per heavy atom. The van der Waals surface area contributed by atoms with Crippen LogP contribution in [0.15, 0.2) is 28.7 Å². The first kappa shape index (κ1) is 15.1. The highest BCUT2D eigenvalue weighted by atomic mass is 16.3. The standard InChI is InChI=1S/C18H27NO/c1-4-5-6-7-8-9-16(19-3)18-13-15-12-14(2)10-11-17(15)20-18/h10-13,16,19H,4-9H2,1-3H3. The number of hydrogen-bond acceptors (Lipinski definition) is 2. The molecule has 2 heteroatoms. The zero-order chi connectivity index (χ0) is 14.4. The quantitative estimate of drug-likeness (QED) is 0.655. The number of aryl methyl sites for hydroxylation is 1. The SMILES string of the molecule is CCCCCCCC(NC)c1cc2cc(C)ccc2o1. The van der Waals surface area contributed by atoms with Gasteiger partial charge in [0.05, 0.1) is 6.04 Å². The summed E-state index contributed by atoms with van der Waals surface area (Å²) < 4.78 is 5.99. The van der Waals surface area contributed by atoms with Gasteiger partial charge in [-0.05, 0) is 38.6 Å². The van der Waals surface area contributed by atoms with Gasteiger partial charge in [0.15, 0.2) is 0 Å². The smallest absolute Gasteiger partial charge is 0.134 e. The summed E-state index contributed by atoms with van der Waals surface area (Å²) in [5.41, 5.74) is 2.28. The van der Waals surface area contributed by atoms with E-state index in [2.05, 4.69) is 43.4 Å². The van der Waals surface area contributed by atoms with E-state index in [1.807, 2.05) is 7.05 Å². The number of nitrogens with one attached hydrogen (secondary N) is 1. The summed E-state index contributed by atoms with van der Waals surface area (Å²) >= 11 is 0. The van der Waals surface area contributed by atoms with Crippen LogP contribution in [0.5, 0.6) is 0 Å². The summed E-state index contributed by atoms with van der Waals surface area (Å²) in [6.45, 7) is 4.38. The summed E-state index contributed by atoms with van der Waals surface area (Å²) in [7, 11) is 2.02. The lowest BCUT2D eigenvalue weighted by Gasteiger charge is -2.13. The van der Waals surface area contributed by atoms with Crippen molar-refractivity contribution in [2.24, 2.45) is 0 Å². The summed E-state index contributed by atoms with van der Waals surface area (Å²) in [5, 5.41) is 4.61. The fourth-order valence-electron chi connectivity index (χ4n) is 2.74. The second-order valence-electron chi connectivity index (χ2n) is 5.73. The molecular weight excluding hydrogens is 246 g/mol. The number of furan rings is 1. The lowest BCUT2D eigenvalue weighted by molar-refractivity contribution is 0.417. The molecule has 0 radical (unpaired) electrons. The van der Waals surface area contributed by atoms with Gasteiger partial charge in [-0.15, -0.1) is 0 Å². The van der Waals surface area contributed by atoms with Crippen LogP contribution in [-0.4, -0.2) is 7.05 Å². The molecular formula is C18H27NO. The molecule has 2 rings (SSSR count). The molecule has 2 nitrogen and oxygen atoms in total. The summed E-state index contributed by atoms with van der Waals surface area (Å²) in [6, 6.07) is 8.90. The van der Waals surface area contributed by atoms with E-state index < -0.39 is 0 Å². The molecule has 0 spiro atoms. The topological polar surface area (TPSA) is 25.2 Å². The van der Waals surface area contributed by atoms with E-state index in [0.717, 1.165) is 17.8 Å². The zero-order valence-corrected chi connectivity index (χ0v) is 13.0. The van der Waals surface area contributed by atoms with Crippen molar-refractivity contribution in [3.63, 3.8) is 0 Å². The molecule has 2 aromatic rings. The van der Waals surface area contributed by atoms with E-state index in [0.29, 0.717) is 6.04 Å². The lowest BCUT2D eigenvalue weighted by Crippen LogP contribution is -2.15. The Labute approximate surface area is 122 Å². The molecule has 1 heterocycles. The fourth-order valence-corrected chi connectivity index (χ4v) is 2.74. The third-order valence-corrected chi connectivity index (χ3v) is 3.98. The highest BCUT2D eigenvalue weighted by molar-refractivity contribution is 5.78. The largest absolute Gasteiger partial charge is 0.459 e. The third-order valence-electron chi connectivity index (χ3n) is 3.98. The van der Waals surface area contributed by atoms with Gasteiger partial charge in [-0.25, -0.2) is 0 Å². The minimum atomic E-state index is 0.337. The van der Waals surface area contributed by atoms with Gasteiger partial charge in [0.1, 0.15) is 11.3 Å². The minimum absolute atomic E-state index is 0.337. The monoisotopic (exact) mass is 273 g/mol. The molecule has 0 aliphatic carbocycles. The average molecular weight is 273 g/mol. The second-order valence-corrected chi connectivity index (χ2v) is 5.73. The van der Waals surface area contributed by atoms with Crippen LogP contribution in [0.3, 0.4) is 0 Å². The zero-order valence-electron chi connectivity index (χ0n) is 13.0. The van der Waals surface area contributed by atoms with Gasteiger partial charge in [-0.2, -0.15) is 0 Å². The minimum Gasteiger partial charge on any atom is -0.459 e. The number of benzene rings is 1. The summed E-state index contributed by atoms with van der Waals surface area (Å²) in [6.07, 6.45) is 7.75. The van der Waals surface area contributed by atoms with Crippen LogP contribution in [0.1, 0.15) is 62.8 Å². The van der Waals surface area contributed by atoms with Crippen molar-refractivity contribution in [1.82, 2.24) is 5.32 Å². The van der Waals surface area contributed by atoms with E-state index in [-0.39, 0.29) is 0 Å². The van der Waals surface area contributed by atoms with Crippen molar-refractivity contribution in [1.29, 1.82) is 0 Å². The van der Waals surface area contributed by atoms with Gasteiger partial charge in [-0.3, -0.25) is 0 Å². The van der Waals surface area contributed by atoms with Crippen molar-refractivity contribution in [3.05, 3.63) is 35.6 Å². The number of rotatable bonds is 8. The molecule has 1 aromatic carbocycles. The molecule has 0 fully saturated rings. The number of fused-ring (bicyclic) bond motifs is 1. The van der Waals surface area contributed by atoms with E-state index in [4.69, 9.17) is 4.42 Å². The van der Waals surface area contributed by atoms with Crippen LogP contribution in [0.2, 0.25) is 0 Å². The highest BCUT2D eigenvalue weighted by Gasteiger charge is 2.14. The van der Waals surface area contributed by atoms with E-state index in [9.17, 15) is 0 Å². The fraction of sp³-hybridized carbons (Fsp3) is 0.556. The van der Waals surface area contributed by atoms with Crippen molar-refractivity contribution >= 4 is 11.0 Å². The van der Waals surface area contributed by atoms with Crippen molar-refractivity contribution < 1.29 is 4.42 Å². The molecule has 0 saturated heterocycles. The van der Waals surface area contributed by atoms with Crippen LogP contribution in [0, 0.1) is 6.92 Å². The van der Waals surface area contributed by atoms with Gasteiger partial charge in [-0.1, -0.05) is 50.7 Å². The first-order valence-electron chi connectivity index (χ1n) is 7.92. The molecule has 0 aliphatic heterocycles. The maximum Gasteiger partial charge on any atom is 0.134 e. The molecule has 20 heavy (non-hydrogen) atoms. The summed E-state index contributed by atoms with van der Waals surface area (Å²) in [5.74, 6) is 1.07. The predicted octanol–water partition coefficient (Wildman–Crippen LogP) is 5.36. The molecule has 0 amide bonds. The van der Waals surface area contributed by atoms with Crippen LogP contribution in [0.4, 0.5) is 0 Å². The maximum absolute atomic E-state index is 5.99. The first-order valence-corrected chi connectivity index (χ1v) is 7.92. The normalized spacial score (nSPS) is 12.9. The van der Waals surface area contributed by atoms with Gasteiger partial charge in [0.25, 0.3) is 0 Å². The van der Waals surface area contributed by atoms with E-state index in [1.165, 1.54) is 43.1 Å². The first-order chi connectivity index (χ1) is 9.74. The molecule has 1 N–H and O–H groups in total. The Bertz CT molecular complexity index is 529. The van der Waals surface area contributed by atoms with Crippen molar-refractivity contribution in [2.75, 3.05) is 7.05 Å². The predicted molar refractivity (Wildman–Crippen MR) is 86.1 cm³/mol. The van der Waals surface area contributed by atoms with Crippen LogP contribution in [-0.2, 0) is 0 Å². The Morgan fingerprint density at radius 3 is 2.65 bits per heavy atom. The molecule has 0 bridgehead atoms. The van der Waals surface area contributed by atoms with Crippen LogP contribution >= 0.6 is 0 Å².